The number of hydrogen-bond donors (Lipinski definition) is 1. The van der Waals surface area contributed by atoms with Crippen LogP contribution in [0.25, 0.3) is 0 Å². The normalized spacial score (nSPS) is 25.8. The quantitative estimate of drug-likeness (QED) is 0.894. The molecule has 1 aromatic rings. The van der Waals surface area contributed by atoms with Crippen molar-refractivity contribution in [2.24, 2.45) is 17.6 Å². The van der Waals surface area contributed by atoms with Crippen molar-refractivity contribution >= 4 is 0 Å². The third kappa shape index (κ3) is 2.87. The summed E-state index contributed by atoms with van der Waals surface area (Å²) in [5.41, 5.74) is 5.74. The lowest BCUT2D eigenvalue weighted by Gasteiger charge is -2.36. The second-order valence-electron chi connectivity index (χ2n) is 5.03. The predicted octanol–water partition coefficient (Wildman–Crippen LogP) is 1.69. The fraction of sp³-hybridized carbons (Fsp3) is 0.750. The zero-order valence-electron chi connectivity index (χ0n) is 10.6. The molecule has 0 radical (unpaired) electrons. The highest BCUT2D eigenvalue weighted by Crippen LogP contribution is 2.24. The van der Waals surface area contributed by atoms with Crippen LogP contribution in [0.3, 0.4) is 0 Å². The number of piperidine rings is 1. The van der Waals surface area contributed by atoms with E-state index in [1.807, 2.05) is 0 Å². The van der Waals surface area contributed by atoms with Gasteiger partial charge in [-0.15, -0.1) is 0 Å². The number of rotatable bonds is 4. The molecule has 2 heterocycles. The molecule has 102 valence electrons. The third-order valence-corrected chi connectivity index (χ3v) is 3.83. The van der Waals surface area contributed by atoms with Crippen LogP contribution in [-0.2, 0) is 6.54 Å². The second-order valence-corrected chi connectivity index (χ2v) is 5.03. The van der Waals surface area contributed by atoms with E-state index in [9.17, 15) is 8.78 Å². The van der Waals surface area contributed by atoms with Gasteiger partial charge in [0.25, 0.3) is 0 Å². The molecule has 2 N–H and O–H groups in total. The fourth-order valence-corrected chi connectivity index (χ4v) is 2.52. The molecule has 6 heteroatoms. The highest BCUT2D eigenvalue weighted by molar-refractivity contribution is 4.94. The molecule has 2 unspecified atom stereocenters. The average molecular weight is 258 g/mol. The number of nitrogens with zero attached hydrogens (tertiary/aromatic N) is 3. The highest BCUT2D eigenvalue weighted by atomic mass is 19.3. The topological polar surface area (TPSA) is 47.1 Å². The van der Waals surface area contributed by atoms with E-state index in [-0.39, 0.29) is 0 Å². The van der Waals surface area contributed by atoms with Crippen molar-refractivity contribution in [3.63, 3.8) is 0 Å². The zero-order chi connectivity index (χ0) is 13.1. The number of nitrogens with two attached hydrogens (primary N) is 1. The van der Waals surface area contributed by atoms with Crippen LogP contribution >= 0.6 is 0 Å². The first-order valence-electron chi connectivity index (χ1n) is 6.34. The van der Waals surface area contributed by atoms with Gasteiger partial charge in [-0.1, -0.05) is 6.92 Å². The Morgan fingerprint density at radius 3 is 3.00 bits per heavy atom. The Kier molecular flexibility index (Phi) is 4.29. The van der Waals surface area contributed by atoms with Crippen molar-refractivity contribution in [1.29, 1.82) is 0 Å². The molecule has 1 aromatic heterocycles. The maximum Gasteiger partial charge on any atom is 0.319 e. The Bertz CT molecular complexity index is 380. The second kappa shape index (κ2) is 5.75. The Morgan fingerprint density at radius 2 is 2.33 bits per heavy atom. The van der Waals surface area contributed by atoms with Gasteiger partial charge in [0.2, 0.25) is 0 Å². The van der Waals surface area contributed by atoms with Crippen molar-refractivity contribution in [3.05, 3.63) is 18.2 Å². The van der Waals surface area contributed by atoms with Gasteiger partial charge in [0.05, 0.1) is 6.54 Å². The Morgan fingerprint density at radius 1 is 1.56 bits per heavy atom. The van der Waals surface area contributed by atoms with Crippen molar-refractivity contribution in [2.45, 2.75) is 26.4 Å². The first-order valence-corrected chi connectivity index (χ1v) is 6.34. The summed E-state index contributed by atoms with van der Waals surface area (Å²) in [7, 11) is 0. The lowest BCUT2D eigenvalue weighted by Crippen LogP contribution is -2.42. The fourth-order valence-electron chi connectivity index (χ4n) is 2.52. The summed E-state index contributed by atoms with van der Waals surface area (Å²) in [6, 6.07) is 0. The van der Waals surface area contributed by atoms with Gasteiger partial charge in [-0.25, -0.2) is 4.98 Å². The van der Waals surface area contributed by atoms with Gasteiger partial charge in [-0.3, -0.25) is 9.47 Å². The van der Waals surface area contributed by atoms with Crippen molar-refractivity contribution in [3.8, 4) is 0 Å². The van der Waals surface area contributed by atoms with Crippen LogP contribution in [0.4, 0.5) is 8.78 Å². The first kappa shape index (κ1) is 13.4. The Balaban J connectivity index is 1.99. The first-order chi connectivity index (χ1) is 8.61. The average Bonchev–Trinajstić information content (AvgIpc) is 2.80. The van der Waals surface area contributed by atoms with E-state index in [4.69, 9.17) is 5.73 Å². The van der Waals surface area contributed by atoms with Crippen molar-refractivity contribution < 1.29 is 8.78 Å². The largest absolute Gasteiger partial charge is 0.330 e. The molecule has 1 saturated heterocycles. The summed E-state index contributed by atoms with van der Waals surface area (Å²) in [4.78, 5) is 6.18. The van der Waals surface area contributed by atoms with E-state index in [2.05, 4.69) is 16.8 Å². The maximum atomic E-state index is 12.7. The summed E-state index contributed by atoms with van der Waals surface area (Å²) in [6.45, 7) is 2.61. The molecule has 18 heavy (non-hydrogen) atoms. The molecule has 0 bridgehead atoms. The van der Waals surface area contributed by atoms with E-state index in [1.165, 1.54) is 12.4 Å². The van der Waals surface area contributed by atoms with Crippen LogP contribution in [0.15, 0.2) is 12.4 Å². The molecule has 4 nitrogen and oxygen atoms in total. The number of halogens is 2. The maximum absolute atomic E-state index is 12.7. The van der Waals surface area contributed by atoms with Gasteiger partial charge in [0, 0.05) is 18.9 Å². The van der Waals surface area contributed by atoms with Crippen LogP contribution in [-0.4, -0.2) is 34.1 Å². The Hall–Kier alpha value is -1.01. The molecule has 2 rings (SSSR count). The number of aromatic nitrogens is 2. The van der Waals surface area contributed by atoms with Crippen LogP contribution in [0, 0.1) is 11.8 Å². The summed E-state index contributed by atoms with van der Waals surface area (Å²) in [5.74, 6) is 1.49. The molecular formula is C12H20F2N4. The minimum Gasteiger partial charge on any atom is -0.330 e. The lowest BCUT2D eigenvalue weighted by molar-refractivity contribution is 0.0598. The zero-order valence-corrected chi connectivity index (χ0v) is 10.6. The molecule has 0 aliphatic carbocycles. The van der Waals surface area contributed by atoms with E-state index in [0.29, 0.717) is 30.7 Å². The van der Waals surface area contributed by atoms with E-state index in [1.54, 1.807) is 0 Å². The molecule has 1 aliphatic heterocycles. The summed E-state index contributed by atoms with van der Waals surface area (Å²) in [5, 5.41) is 0. The van der Waals surface area contributed by atoms with E-state index >= 15 is 0 Å². The van der Waals surface area contributed by atoms with E-state index < -0.39 is 6.55 Å². The number of hydrogen-bond acceptors (Lipinski definition) is 3. The lowest BCUT2D eigenvalue weighted by atomic mass is 9.87. The third-order valence-electron chi connectivity index (χ3n) is 3.83. The van der Waals surface area contributed by atoms with Gasteiger partial charge < -0.3 is 5.73 Å². The molecular weight excluding hydrogens is 238 g/mol. The van der Waals surface area contributed by atoms with Crippen LogP contribution in [0.5, 0.6) is 0 Å². The standard InChI is InChI=1S/C12H20F2N4/c1-9-2-4-17(7-10(9)6-15)8-11-16-3-5-18(11)12(13)14/h3,5,9-10,12H,2,4,6-8,15H2,1H3. The molecule has 1 aliphatic rings. The predicted molar refractivity (Wildman–Crippen MR) is 65.1 cm³/mol. The van der Waals surface area contributed by atoms with Gasteiger partial charge in [-0.2, -0.15) is 8.78 Å². The van der Waals surface area contributed by atoms with Crippen LogP contribution in [0.1, 0.15) is 25.7 Å². The van der Waals surface area contributed by atoms with Gasteiger partial charge in [0.1, 0.15) is 5.82 Å². The minimum absolute atomic E-state index is 0.426. The van der Waals surface area contributed by atoms with Crippen LogP contribution < -0.4 is 5.73 Å². The summed E-state index contributed by atoms with van der Waals surface area (Å²) < 4.78 is 26.3. The molecule has 1 fully saturated rings. The molecule has 2 atom stereocenters. The van der Waals surface area contributed by atoms with Gasteiger partial charge in [-0.05, 0) is 31.3 Å². The molecule has 0 spiro atoms. The highest BCUT2D eigenvalue weighted by Gasteiger charge is 2.26. The molecule has 0 saturated carbocycles. The van der Waals surface area contributed by atoms with Crippen molar-refractivity contribution in [2.75, 3.05) is 19.6 Å². The van der Waals surface area contributed by atoms with Crippen LogP contribution in [0.2, 0.25) is 0 Å². The molecule has 0 aromatic carbocycles. The number of imidazole rings is 1. The SMILES string of the molecule is CC1CCN(Cc2nccn2C(F)F)CC1CN. The Labute approximate surface area is 106 Å². The molecule has 0 amide bonds. The monoisotopic (exact) mass is 258 g/mol. The van der Waals surface area contributed by atoms with Gasteiger partial charge >= 0.3 is 6.55 Å². The van der Waals surface area contributed by atoms with E-state index in [0.717, 1.165) is 24.1 Å². The smallest absolute Gasteiger partial charge is 0.319 e. The van der Waals surface area contributed by atoms with Gasteiger partial charge in [0.15, 0.2) is 0 Å². The minimum atomic E-state index is -2.52. The van der Waals surface area contributed by atoms with Crippen molar-refractivity contribution in [1.82, 2.24) is 14.5 Å². The number of alkyl halides is 2. The summed E-state index contributed by atoms with van der Waals surface area (Å²) in [6.07, 6.45) is 3.82. The number of likely N-dealkylation sites (tertiary alicyclic amines) is 1. The summed E-state index contributed by atoms with van der Waals surface area (Å²) >= 11 is 0.